The Labute approximate surface area is 170 Å². The zero-order chi connectivity index (χ0) is 21.0. The van der Waals surface area contributed by atoms with Crippen LogP contribution in [0.2, 0.25) is 0 Å². The molecule has 0 aromatic heterocycles. The van der Waals surface area contributed by atoms with Gasteiger partial charge in [0.1, 0.15) is 0 Å². The minimum absolute atomic E-state index is 0.171. The van der Waals surface area contributed by atoms with Crippen LogP contribution in [0, 0.1) is 6.92 Å². The van der Waals surface area contributed by atoms with Crippen molar-refractivity contribution in [1.82, 2.24) is 4.31 Å². The Bertz CT molecular complexity index is 1000. The standard InChI is InChI=1S/C20H24N2O6S/c1-14-4-6-16(13-19(14)29(24,25)22-8-10-28-11-9-22)21-20(23)15-5-7-17(26-2)18(12-15)27-3/h4-7,12-13H,8-11H2,1-3H3,(H,21,23). The van der Waals surface area contributed by atoms with E-state index in [0.717, 1.165) is 0 Å². The third kappa shape index (κ3) is 4.52. The second kappa shape index (κ2) is 8.81. The van der Waals surface area contributed by atoms with Gasteiger partial charge in [0, 0.05) is 24.3 Å². The number of ether oxygens (including phenoxy) is 3. The normalized spacial score (nSPS) is 15.0. The van der Waals surface area contributed by atoms with E-state index in [-0.39, 0.29) is 10.8 Å². The molecule has 1 heterocycles. The number of methoxy groups -OCH3 is 2. The van der Waals surface area contributed by atoms with Crippen LogP contribution in [0.3, 0.4) is 0 Å². The van der Waals surface area contributed by atoms with Gasteiger partial charge in [-0.25, -0.2) is 8.42 Å². The van der Waals surface area contributed by atoms with Crippen molar-refractivity contribution in [3.05, 3.63) is 47.5 Å². The molecule has 2 aromatic carbocycles. The van der Waals surface area contributed by atoms with Gasteiger partial charge < -0.3 is 19.5 Å². The molecule has 156 valence electrons. The third-order valence-electron chi connectivity index (χ3n) is 4.68. The Morgan fingerprint density at radius 2 is 1.72 bits per heavy atom. The molecule has 3 rings (SSSR count). The second-order valence-corrected chi connectivity index (χ2v) is 8.43. The molecule has 0 spiro atoms. The topological polar surface area (TPSA) is 94.2 Å². The third-order valence-corrected chi connectivity index (χ3v) is 6.72. The number of anilines is 1. The summed E-state index contributed by atoms with van der Waals surface area (Å²) in [5, 5.41) is 2.75. The Kier molecular flexibility index (Phi) is 6.41. The highest BCUT2D eigenvalue weighted by Gasteiger charge is 2.28. The van der Waals surface area contributed by atoms with Crippen LogP contribution in [0.25, 0.3) is 0 Å². The number of aryl methyl sites for hydroxylation is 1. The second-order valence-electron chi connectivity index (χ2n) is 6.52. The molecule has 1 amide bonds. The number of amides is 1. The molecule has 0 bridgehead atoms. The lowest BCUT2D eigenvalue weighted by molar-refractivity contribution is 0.0730. The number of nitrogens with one attached hydrogen (secondary N) is 1. The highest BCUT2D eigenvalue weighted by molar-refractivity contribution is 7.89. The summed E-state index contributed by atoms with van der Waals surface area (Å²) in [6, 6.07) is 9.64. The lowest BCUT2D eigenvalue weighted by Gasteiger charge is -2.26. The monoisotopic (exact) mass is 420 g/mol. The summed E-state index contributed by atoms with van der Waals surface area (Å²) in [5.74, 6) is 0.558. The molecule has 1 aliphatic rings. The van der Waals surface area contributed by atoms with Gasteiger partial charge in [0.25, 0.3) is 5.91 Å². The fraction of sp³-hybridized carbons (Fsp3) is 0.350. The van der Waals surface area contributed by atoms with Gasteiger partial charge in [0.05, 0.1) is 32.3 Å². The molecule has 1 aliphatic heterocycles. The fourth-order valence-corrected chi connectivity index (χ4v) is 4.72. The van der Waals surface area contributed by atoms with E-state index in [9.17, 15) is 13.2 Å². The molecule has 0 atom stereocenters. The van der Waals surface area contributed by atoms with Gasteiger partial charge in [-0.05, 0) is 42.8 Å². The molecule has 0 radical (unpaired) electrons. The summed E-state index contributed by atoms with van der Waals surface area (Å²) in [7, 11) is -0.667. The molecule has 1 fully saturated rings. The molecule has 2 aromatic rings. The van der Waals surface area contributed by atoms with Crippen LogP contribution in [0.5, 0.6) is 11.5 Å². The summed E-state index contributed by atoms with van der Waals surface area (Å²) < 4.78 is 43.0. The smallest absolute Gasteiger partial charge is 0.255 e. The van der Waals surface area contributed by atoms with Crippen LogP contribution < -0.4 is 14.8 Å². The molecule has 29 heavy (non-hydrogen) atoms. The van der Waals surface area contributed by atoms with E-state index in [1.807, 2.05) is 0 Å². The average molecular weight is 420 g/mol. The van der Waals surface area contributed by atoms with Gasteiger partial charge in [0.15, 0.2) is 11.5 Å². The predicted octanol–water partition coefficient (Wildman–Crippen LogP) is 2.29. The number of benzene rings is 2. The SMILES string of the molecule is COc1ccc(C(=O)Nc2ccc(C)c(S(=O)(=O)N3CCOCC3)c2)cc1OC. The van der Waals surface area contributed by atoms with Gasteiger partial charge >= 0.3 is 0 Å². The quantitative estimate of drug-likeness (QED) is 0.771. The van der Waals surface area contributed by atoms with E-state index >= 15 is 0 Å². The van der Waals surface area contributed by atoms with Crippen molar-refractivity contribution in [3.8, 4) is 11.5 Å². The van der Waals surface area contributed by atoms with E-state index in [1.165, 1.54) is 24.6 Å². The lowest BCUT2D eigenvalue weighted by atomic mass is 10.1. The predicted molar refractivity (Wildman–Crippen MR) is 108 cm³/mol. The first-order chi connectivity index (χ1) is 13.9. The van der Waals surface area contributed by atoms with Crippen LogP contribution in [0.4, 0.5) is 5.69 Å². The van der Waals surface area contributed by atoms with Gasteiger partial charge in [-0.15, -0.1) is 0 Å². The largest absolute Gasteiger partial charge is 0.493 e. The van der Waals surface area contributed by atoms with Crippen molar-refractivity contribution in [3.63, 3.8) is 0 Å². The first kappa shape index (κ1) is 21.1. The van der Waals surface area contributed by atoms with Crippen LogP contribution in [-0.4, -0.2) is 59.2 Å². The maximum atomic E-state index is 13.0. The zero-order valence-electron chi connectivity index (χ0n) is 16.6. The van der Waals surface area contributed by atoms with E-state index < -0.39 is 10.0 Å². The van der Waals surface area contributed by atoms with Crippen molar-refractivity contribution < 1.29 is 27.4 Å². The molecule has 9 heteroatoms. The average Bonchev–Trinajstić information content (AvgIpc) is 2.75. The molecular formula is C20H24N2O6S. The number of carbonyl (C=O) groups excluding carboxylic acids is 1. The first-order valence-corrected chi connectivity index (χ1v) is 10.5. The number of nitrogens with zero attached hydrogens (tertiary/aromatic N) is 1. The van der Waals surface area contributed by atoms with Gasteiger partial charge in [-0.2, -0.15) is 4.31 Å². The minimum atomic E-state index is -3.67. The van der Waals surface area contributed by atoms with Crippen molar-refractivity contribution in [2.45, 2.75) is 11.8 Å². The number of rotatable bonds is 6. The maximum absolute atomic E-state index is 13.0. The van der Waals surface area contributed by atoms with Crippen molar-refractivity contribution >= 4 is 21.6 Å². The Balaban J connectivity index is 1.85. The summed E-state index contributed by atoms with van der Waals surface area (Å²) in [6.07, 6.45) is 0. The van der Waals surface area contributed by atoms with Gasteiger partial charge in [-0.3, -0.25) is 4.79 Å². The molecule has 0 saturated carbocycles. The highest BCUT2D eigenvalue weighted by atomic mass is 32.2. The highest BCUT2D eigenvalue weighted by Crippen LogP contribution is 2.28. The van der Waals surface area contributed by atoms with E-state index in [1.54, 1.807) is 37.3 Å². The number of hydrogen-bond acceptors (Lipinski definition) is 6. The van der Waals surface area contributed by atoms with Crippen molar-refractivity contribution in [2.75, 3.05) is 45.8 Å². The Morgan fingerprint density at radius 1 is 1.03 bits per heavy atom. The lowest BCUT2D eigenvalue weighted by Crippen LogP contribution is -2.40. The summed E-state index contributed by atoms with van der Waals surface area (Å²) in [6.45, 7) is 3.09. The molecular weight excluding hydrogens is 396 g/mol. The van der Waals surface area contributed by atoms with E-state index in [4.69, 9.17) is 14.2 Å². The van der Waals surface area contributed by atoms with Crippen molar-refractivity contribution in [2.24, 2.45) is 0 Å². The number of sulfonamides is 1. The Hall–Kier alpha value is -2.62. The molecule has 0 aliphatic carbocycles. The van der Waals surface area contributed by atoms with Crippen molar-refractivity contribution in [1.29, 1.82) is 0 Å². The van der Waals surface area contributed by atoms with Crippen LogP contribution in [-0.2, 0) is 14.8 Å². The van der Waals surface area contributed by atoms with Gasteiger partial charge in [0.2, 0.25) is 10.0 Å². The molecule has 1 N–H and O–H groups in total. The van der Waals surface area contributed by atoms with E-state index in [0.29, 0.717) is 54.6 Å². The number of carbonyl (C=O) groups is 1. The molecule has 1 saturated heterocycles. The maximum Gasteiger partial charge on any atom is 0.255 e. The summed E-state index contributed by atoms with van der Waals surface area (Å²) in [4.78, 5) is 12.8. The summed E-state index contributed by atoms with van der Waals surface area (Å²) >= 11 is 0. The van der Waals surface area contributed by atoms with Crippen LogP contribution >= 0.6 is 0 Å². The fourth-order valence-electron chi connectivity index (χ4n) is 3.06. The minimum Gasteiger partial charge on any atom is -0.493 e. The van der Waals surface area contributed by atoms with E-state index in [2.05, 4.69) is 5.32 Å². The zero-order valence-corrected chi connectivity index (χ0v) is 17.4. The molecule has 8 nitrogen and oxygen atoms in total. The van der Waals surface area contributed by atoms with Crippen LogP contribution in [0.1, 0.15) is 15.9 Å². The van der Waals surface area contributed by atoms with Crippen LogP contribution in [0.15, 0.2) is 41.3 Å². The first-order valence-electron chi connectivity index (χ1n) is 9.08. The van der Waals surface area contributed by atoms with Gasteiger partial charge in [-0.1, -0.05) is 6.07 Å². The Morgan fingerprint density at radius 3 is 2.38 bits per heavy atom. The summed E-state index contributed by atoms with van der Waals surface area (Å²) in [5.41, 5.74) is 1.36. The molecule has 0 unspecified atom stereocenters. The number of morpholine rings is 1. The number of hydrogen-bond donors (Lipinski definition) is 1.